The van der Waals surface area contributed by atoms with E-state index in [9.17, 15) is 0 Å². The number of para-hydroxylation sites is 1. The van der Waals surface area contributed by atoms with Crippen LogP contribution in [0.25, 0.3) is 0 Å². The summed E-state index contributed by atoms with van der Waals surface area (Å²) in [6.07, 6.45) is 1.07. The molecular formula is C22H30N4. The van der Waals surface area contributed by atoms with Gasteiger partial charge in [0.2, 0.25) is 0 Å². The van der Waals surface area contributed by atoms with Gasteiger partial charge < -0.3 is 15.5 Å². The maximum absolute atomic E-state index is 6.12. The van der Waals surface area contributed by atoms with E-state index in [0.717, 1.165) is 44.7 Å². The van der Waals surface area contributed by atoms with Gasteiger partial charge in [-0.2, -0.15) is 0 Å². The van der Waals surface area contributed by atoms with E-state index in [1.165, 1.54) is 11.4 Å². The first kappa shape index (κ1) is 18.3. The Balaban J connectivity index is 1.56. The lowest BCUT2D eigenvalue weighted by atomic mass is 10.1. The van der Waals surface area contributed by atoms with Crippen molar-refractivity contribution in [3.8, 4) is 0 Å². The van der Waals surface area contributed by atoms with Gasteiger partial charge in [0.05, 0.1) is 0 Å². The van der Waals surface area contributed by atoms with Crippen LogP contribution in [0.5, 0.6) is 0 Å². The summed E-state index contributed by atoms with van der Waals surface area (Å²) >= 11 is 0. The molecule has 0 unspecified atom stereocenters. The van der Waals surface area contributed by atoms with Crippen LogP contribution >= 0.6 is 0 Å². The molecule has 2 N–H and O–H groups in total. The topological polar surface area (TPSA) is 44.9 Å². The molecule has 0 bridgehead atoms. The van der Waals surface area contributed by atoms with Crippen LogP contribution in [0.1, 0.15) is 25.8 Å². The van der Waals surface area contributed by atoms with Crippen molar-refractivity contribution in [2.24, 2.45) is 16.6 Å². The molecule has 1 fully saturated rings. The summed E-state index contributed by atoms with van der Waals surface area (Å²) in [4.78, 5) is 9.38. The van der Waals surface area contributed by atoms with Crippen LogP contribution in [0, 0.1) is 5.92 Å². The predicted molar refractivity (Wildman–Crippen MR) is 112 cm³/mol. The van der Waals surface area contributed by atoms with Crippen molar-refractivity contribution in [3.05, 3.63) is 60.2 Å². The number of amidine groups is 1. The maximum atomic E-state index is 6.12. The summed E-state index contributed by atoms with van der Waals surface area (Å²) in [5.74, 6) is 1.30. The highest BCUT2D eigenvalue weighted by Gasteiger charge is 2.17. The van der Waals surface area contributed by atoms with Crippen LogP contribution in [0.4, 0.5) is 11.4 Å². The molecule has 26 heavy (non-hydrogen) atoms. The molecule has 0 aliphatic carbocycles. The number of nitrogens with zero attached hydrogens (tertiary/aromatic N) is 3. The Labute approximate surface area is 157 Å². The van der Waals surface area contributed by atoms with Gasteiger partial charge in [0, 0.05) is 49.7 Å². The molecule has 1 heterocycles. The second-order valence-corrected chi connectivity index (χ2v) is 7.31. The Morgan fingerprint density at radius 2 is 1.42 bits per heavy atom. The standard InChI is InChI=1S/C22H30N4/c1-18(2)12-13-24-22(23)19-8-10-21(11-9-19)26-16-14-25(15-17-26)20-6-4-3-5-7-20/h3-11,18H,12-17H2,1-2H3,(H2,23,24). The molecule has 138 valence electrons. The van der Waals surface area contributed by atoms with Crippen molar-refractivity contribution in [2.75, 3.05) is 42.5 Å². The van der Waals surface area contributed by atoms with Gasteiger partial charge in [0.25, 0.3) is 0 Å². The molecule has 1 aliphatic rings. The lowest BCUT2D eigenvalue weighted by Crippen LogP contribution is -2.46. The molecule has 4 heteroatoms. The SMILES string of the molecule is CC(C)CCN=C(N)c1ccc(N2CCN(c3ccccc3)CC2)cc1. The monoisotopic (exact) mass is 350 g/mol. The molecule has 0 aromatic heterocycles. The molecule has 0 amide bonds. The van der Waals surface area contributed by atoms with Gasteiger partial charge in [-0.3, -0.25) is 4.99 Å². The van der Waals surface area contributed by atoms with E-state index in [0.29, 0.717) is 11.8 Å². The van der Waals surface area contributed by atoms with Crippen LogP contribution in [-0.2, 0) is 0 Å². The molecular weight excluding hydrogens is 320 g/mol. The Morgan fingerprint density at radius 3 is 1.96 bits per heavy atom. The summed E-state index contributed by atoms with van der Waals surface area (Å²) in [5.41, 5.74) is 9.71. The number of anilines is 2. The number of hydrogen-bond acceptors (Lipinski definition) is 3. The molecule has 2 aromatic carbocycles. The van der Waals surface area contributed by atoms with Crippen LogP contribution in [0.3, 0.4) is 0 Å². The lowest BCUT2D eigenvalue weighted by Gasteiger charge is -2.37. The van der Waals surface area contributed by atoms with E-state index < -0.39 is 0 Å². The molecule has 3 rings (SSSR count). The fourth-order valence-electron chi connectivity index (χ4n) is 3.24. The normalized spacial score (nSPS) is 15.6. The minimum atomic E-state index is 0.645. The number of nitrogens with two attached hydrogens (primary N) is 1. The quantitative estimate of drug-likeness (QED) is 0.637. The number of rotatable bonds is 6. The fourth-order valence-corrected chi connectivity index (χ4v) is 3.24. The van der Waals surface area contributed by atoms with Gasteiger partial charge in [-0.1, -0.05) is 32.0 Å². The summed E-state index contributed by atoms with van der Waals surface area (Å²) in [7, 11) is 0. The first-order chi connectivity index (χ1) is 12.6. The average Bonchev–Trinajstić information content (AvgIpc) is 2.68. The zero-order valence-electron chi connectivity index (χ0n) is 15.9. The lowest BCUT2D eigenvalue weighted by molar-refractivity contribution is 0.597. The third-order valence-electron chi connectivity index (χ3n) is 4.92. The summed E-state index contributed by atoms with van der Waals surface area (Å²) < 4.78 is 0. The van der Waals surface area contributed by atoms with Crippen molar-refractivity contribution in [1.29, 1.82) is 0 Å². The second-order valence-electron chi connectivity index (χ2n) is 7.31. The van der Waals surface area contributed by atoms with E-state index in [4.69, 9.17) is 5.73 Å². The molecule has 2 aromatic rings. The van der Waals surface area contributed by atoms with Crippen LogP contribution in [0.15, 0.2) is 59.6 Å². The summed E-state index contributed by atoms with van der Waals surface area (Å²) in [5, 5.41) is 0. The van der Waals surface area contributed by atoms with Crippen LogP contribution < -0.4 is 15.5 Å². The molecule has 1 aliphatic heterocycles. The highest BCUT2D eigenvalue weighted by atomic mass is 15.3. The highest BCUT2D eigenvalue weighted by Crippen LogP contribution is 2.20. The zero-order chi connectivity index (χ0) is 18.4. The minimum absolute atomic E-state index is 0.645. The maximum Gasteiger partial charge on any atom is 0.125 e. The molecule has 0 atom stereocenters. The highest BCUT2D eigenvalue weighted by molar-refractivity contribution is 5.97. The van der Waals surface area contributed by atoms with Gasteiger partial charge in [-0.25, -0.2) is 0 Å². The van der Waals surface area contributed by atoms with Gasteiger partial charge >= 0.3 is 0 Å². The van der Waals surface area contributed by atoms with Crippen molar-refractivity contribution in [3.63, 3.8) is 0 Å². The van der Waals surface area contributed by atoms with E-state index in [2.05, 4.69) is 83.2 Å². The first-order valence-corrected chi connectivity index (χ1v) is 9.59. The summed E-state index contributed by atoms with van der Waals surface area (Å²) in [6.45, 7) is 9.37. The Morgan fingerprint density at radius 1 is 0.885 bits per heavy atom. The Bertz CT molecular complexity index is 699. The number of hydrogen-bond donors (Lipinski definition) is 1. The fraction of sp³-hybridized carbons (Fsp3) is 0.409. The summed E-state index contributed by atoms with van der Waals surface area (Å²) in [6, 6.07) is 19.2. The second kappa shape index (κ2) is 8.75. The molecule has 0 radical (unpaired) electrons. The van der Waals surface area contributed by atoms with Gasteiger partial charge in [-0.15, -0.1) is 0 Å². The van der Waals surface area contributed by atoms with E-state index in [-0.39, 0.29) is 0 Å². The van der Waals surface area contributed by atoms with Crippen LogP contribution in [-0.4, -0.2) is 38.6 Å². The third kappa shape index (κ3) is 4.78. The average molecular weight is 351 g/mol. The van der Waals surface area contributed by atoms with Crippen molar-refractivity contribution in [1.82, 2.24) is 0 Å². The minimum Gasteiger partial charge on any atom is -0.384 e. The predicted octanol–water partition coefficient (Wildman–Crippen LogP) is 3.76. The number of aliphatic imine (C=N–C) groups is 1. The van der Waals surface area contributed by atoms with Gasteiger partial charge in [0.1, 0.15) is 5.84 Å². The number of piperazine rings is 1. The van der Waals surface area contributed by atoms with Crippen LogP contribution in [0.2, 0.25) is 0 Å². The molecule has 1 saturated heterocycles. The van der Waals surface area contributed by atoms with E-state index in [1.54, 1.807) is 0 Å². The Hall–Kier alpha value is -2.49. The van der Waals surface area contributed by atoms with E-state index >= 15 is 0 Å². The van der Waals surface area contributed by atoms with Gasteiger partial charge in [-0.05, 0) is 48.7 Å². The molecule has 4 nitrogen and oxygen atoms in total. The third-order valence-corrected chi connectivity index (χ3v) is 4.92. The largest absolute Gasteiger partial charge is 0.384 e. The molecule has 0 spiro atoms. The van der Waals surface area contributed by atoms with Crippen molar-refractivity contribution in [2.45, 2.75) is 20.3 Å². The van der Waals surface area contributed by atoms with Crippen molar-refractivity contribution < 1.29 is 0 Å². The first-order valence-electron chi connectivity index (χ1n) is 9.59. The number of benzene rings is 2. The van der Waals surface area contributed by atoms with Crippen molar-refractivity contribution >= 4 is 17.2 Å². The van der Waals surface area contributed by atoms with Gasteiger partial charge in [0.15, 0.2) is 0 Å². The Kier molecular flexibility index (Phi) is 6.16. The smallest absolute Gasteiger partial charge is 0.125 e. The molecule has 0 saturated carbocycles. The zero-order valence-corrected chi connectivity index (χ0v) is 15.9. The van der Waals surface area contributed by atoms with E-state index in [1.807, 2.05) is 0 Å².